The number of nitriles is 1. The number of nitrogens with zero attached hydrogens (tertiary/aromatic N) is 2. The number of imidazole rings is 1. The van der Waals surface area contributed by atoms with Crippen molar-refractivity contribution in [2.75, 3.05) is 0 Å². The predicted molar refractivity (Wildman–Crippen MR) is 69.6 cm³/mol. The fourth-order valence-corrected chi connectivity index (χ4v) is 1.89. The molecule has 0 aliphatic rings. The van der Waals surface area contributed by atoms with Gasteiger partial charge in [-0.1, -0.05) is 19.1 Å². The third kappa shape index (κ3) is 2.96. The van der Waals surface area contributed by atoms with Crippen molar-refractivity contribution < 1.29 is 0 Å². The molecule has 2 N–H and O–H groups in total. The highest BCUT2D eigenvalue weighted by Crippen LogP contribution is 2.13. The summed E-state index contributed by atoms with van der Waals surface area (Å²) >= 11 is 0. The Hall–Kier alpha value is -2.12. The highest BCUT2D eigenvalue weighted by atomic mass is 15.0. The molecule has 0 bridgehead atoms. The Morgan fingerprint density at radius 3 is 3.06 bits per heavy atom. The van der Waals surface area contributed by atoms with Gasteiger partial charge in [-0.05, 0) is 24.1 Å². The van der Waals surface area contributed by atoms with E-state index in [4.69, 9.17) is 5.26 Å². The Labute approximate surface area is 107 Å². The third-order valence-corrected chi connectivity index (χ3v) is 2.87. The summed E-state index contributed by atoms with van der Waals surface area (Å²) in [6.07, 6.45) is 4.55. The van der Waals surface area contributed by atoms with Crippen LogP contribution in [0.4, 0.5) is 0 Å². The highest BCUT2D eigenvalue weighted by molar-refractivity contribution is 5.32. The van der Waals surface area contributed by atoms with E-state index in [2.05, 4.69) is 28.3 Å². The van der Waals surface area contributed by atoms with E-state index in [9.17, 15) is 0 Å². The number of hydrogen-bond acceptors (Lipinski definition) is 3. The van der Waals surface area contributed by atoms with Crippen LogP contribution in [0.3, 0.4) is 0 Å². The van der Waals surface area contributed by atoms with E-state index in [1.54, 1.807) is 6.20 Å². The van der Waals surface area contributed by atoms with Gasteiger partial charge < -0.3 is 10.3 Å². The number of hydrogen-bond donors (Lipinski definition) is 2. The lowest BCUT2D eigenvalue weighted by Crippen LogP contribution is -2.21. The molecule has 4 nitrogen and oxygen atoms in total. The van der Waals surface area contributed by atoms with Crippen molar-refractivity contribution in [3.63, 3.8) is 0 Å². The van der Waals surface area contributed by atoms with Crippen LogP contribution < -0.4 is 5.32 Å². The summed E-state index contributed by atoms with van der Waals surface area (Å²) in [5.41, 5.74) is 1.81. The van der Waals surface area contributed by atoms with E-state index in [0.717, 1.165) is 24.4 Å². The molecule has 1 aromatic heterocycles. The van der Waals surface area contributed by atoms with Crippen molar-refractivity contribution >= 4 is 0 Å². The summed E-state index contributed by atoms with van der Waals surface area (Å²) in [7, 11) is 0. The molecular weight excluding hydrogens is 224 g/mol. The smallest absolute Gasteiger partial charge is 0.123 e. The van der Waals surface area contributed by atoms with Crippen molar-refractivity contribution in [1.29, 1.82) is 5.26 Å². The molecule has 0 radical (unpaired) electrons. The Morgan fingerprint density at radius 1 is 1.50 bits per heavy atom. The van der Waals surface area contributed by atoms with Crippen molar-refractivity contribution in [2.24, 2.45) is 0 Å². The van der Waals surface area contributed by atoms with Crippen LogP contribution in [-0.2, 0) is 6.54 Å². The van der Waals surface area contributed by atoms with Crippen molar-refractivity contribution in [3.8, 4) is 6.07 Å². The summed E-state index contributed by atoms with van der Waals surface area (Å²) in [4.78, 5) is 7.38. The molecule has 0 aliphatic heterocycles. The second kappa shape index (κ2) is 5.99. The minimum atomic E-state index is 0.214. The minimum absolute atomic E-state index is 0.214. The number of aromatic amines is 1. The predicted octanol–water partition coefficient (Wildman–Crippen LogP) is 2.52. The summed E-state index contributed by atoms with van der Waals surface area (Å²) in [6, 6.07) is 10.0. The van der Waals surface area contributed by atoms with Gasteiger partial charge in [0.25, 0.3) is 0 Å². The summed E-state index contributed by atoms with van der Waals surface area (Å²) in [5.74, 6) is 0.953. The molecule has 0 amide bonds. The van der Waals surface area contributed by atoms with Gasteiger partial charge in [0.15, 0.2) is 0 Å². The first-order valence-electron chi connectivity index (χ1n) is 6.05. The van der Waals surface area contributed by atoms with Gasteiger partial charge in [0.1, 0.15) is 5.82 Å². The largest absolute Gasteiger partial charge is 0.347 e. The summed E-state index contributed by atoms with van der Waals surface area (Å²) in [6.45, 7) is 2.85. The van der Waals surface area contributed by atoms with E-state index >= 15 is 0 Å². The zero-order chi connectivity index (χ0) is 12.8. The van der Waals surface area contributed by atoms with Gasteiger partial charge >= 0.3 is 0 Å². The number of nitrogens with one attached hydrogen (secondary N) is 2. The van der Waals surface area contributed by atoms with Crippen molar-refractivity contribution in [2.45, 2.75) is 25.9 Å². The molecule has 1 atom stereocenters. The Morgan fingerprint density at radius 2 is 2.39 bits per heavy atom. The number of rotatable bonds is 5. The monoisotopic (exact) mass is 240 g/mol. The number of aromatic nitrogens is 2. The number of H-pyrrole nitrogens is 1. The molecule has 1 aromatic carbocycles. The molecule has 18 heavy (non-hydrogen) atoms. The normalized spacial score (nSPS) is 12.0. The van der Waals surface area contributed by atoms with Crippen molar-refractivity contribution in [3.05, 3.63) is 53.6 Å². The average Bonchev–Trinajstić information content (AvgIpc) is 2.94. The van der Waals surface area contributed by atoms with Crippen LogP contribution >= 0.6 is 0 Å². The van der Waals surface area contributed by atoms with Gasteiger partial charge in [-0.15, -0.1) is 0 Å². The van der Waals surface area contributed by atoms with E-state index < -0.39 is 0 Å². The lowest BCUT2D eigenvalue weighted by molar-refractivity contribution is 0.498. The van der Waals surface area contributed by atoms with Gasteiger partial charge in [-0.3, -0.25) is 0 Å². The fraction of sp³-hybridized carbons (Fsp3) is 0.286. The van der Waals surface area contributed by atoms with Gasteiger partial charge in [0, 0.05) is 18.9 Å². The zero-order valence-electron chi connectivity index (χ0n) is 10.4. The van der Waals surface area contributed by atoms with Crippen molar-refractivity contribution in [1.82, 2.24) is 15.3 Å². The molecule has 2 rings (SSSR count). The zero-order valence-corrected chi connectivity index (χ0v) is 10.4. The fourth-order valence-electron chi connectivity index (χ4n) is 1.89. The third-order valence-electron chi connectivity index (χ3n) is 2.87. The molecule has 2 aromatic rings. The van der Waals surface area contributed by atoms with Crippen LogP contribution in [0.25, 0.3) is 0 Å². The van der Waals surface area contributed by atoms with Crippen LogP contribution in [0.1, 0.15) is 36.3 Å². The van der Waals surface area contributed by atoms with Crippen LogP contribution in [0.2, 0.25) is 0 Å². The Kier molecular flexibility index (Phi) is 4.11. The molecule has 0 fully saturated rings. The topological polar surface area (TPSA) is 64.5 Å². The second-order valence-corrected chi connectivity index (χ2v) is 4.13. The van der Waals surface area contributed by atoms with Crippen LogP contribution in [0.15, 0.2) is 36.7 Å². The average molecular weight is 240 g/mol. The molecule has 0 spiro atoms. The molecule has 0 aliphatic carbocycles. The second-order valence-electron chi connectivity index (χ2n) is 4.13. The SMILES string of the molecule is CCC(NCc1cccc(C#N)c1)c1ncc[nH]1. The lowest BCUT2D eigenvalue weighted by Gasteiger charge is -2.14. The maximum absolute atomic E-state index is 8.85. The molecule has 4 heteroatoms. The number of benzene rings is 1. The lowest BCUT2D eigenvalue weighted by atomic mass is 10.1. The van der Waals surface area contributed by atoms with E-state index in [1.807, 2.05) is 30.5 Å². The van der Waals surface area contributed by atoms with Gasteiger partial charge in [0.05, 0.1) is 17.7 Å². The van der Waals surface area contributed by atoms with E-state index in [-0.39, 0.29) is 6.04 Å². The van der Waals surface area contributed by atoms with E-state index in [0.29, 0.717) is 5.56 Å². The highest BCUT2D eigenvalue weighted by Gasteiger charge is 2.10. The van der Waals surface area contributed by atoms with Gasteiger partial charge in [-0.2, -0.15) is 5.26 Å². The summed E-state index contributed by atoms with van der Waals surface area (Å²) in [5, 5.41) is 12.3. The minimum Gasteiger partial charge on any atom is -0.347 e. The van der Waals surface area contributed by atoms with Crippen LogP contribution in [0.5, 0.6) is 0 Å². The molecule has 0 saturated carbocycles. The summed E-state index contributed by atoms with van der Waals surface area (Å²) < 4.78 is 0. The first kappa shape index (κ1) is 12.3. The molecule has 1 unspecified atom stereocenters. The first-order chi connectivity index (χ1) is 8.83. The molecular formula is C14H16N4. The Bertz CT molecular complexity index is 525. The maximum Gasteiger partial charge on any atom is 0.123 e. The maximum atomic E-state index is 8.85. The van der Waals surface area contributed by atoms with Crippen LogP contribution in [0, 0.1) is 11.3 Å². The van der Waals surface area contributed by atoms with E-state index in [1.165, 1.54) is 0 Å². The molecule has 92 valence electrons. The molecule has 0 saturated heterocycles. The van der Waals surface area contributed by atoms with Gasteiger partial charge in [0.2, 0.25) is 0 Å². The molecule has 1 heterocycles. The quantitative estimate of drug-likeness (QED) is 0.844. The first-order valence-corrected chi connectivity index (χ1v) is 6.05. The van der Waals surface area contributed by atoms with Crippen LogP contribution in [-0.4, -0.2) is 9.97 Å². The standard InChI is InChI=1S/C14H16N4/c1-2-13(14-16-6-7-17-14)18-10-12-5-3-4-11(8-12)9-15/h3-8,13,18H,2,10H2,1H3,(H,16,17). The van der Waals surface area contributed by atoms with Gasteiger partial charge in [-0.25, -0.2) is 4.98 Å². The Balaban J connectivity index is 2.00.